The van der Waals surface area contributed by atoms with Gasteiger partial charge in [0.2, 0.25) is 0 Å². The molecule has 0 aliphatic carbocycles. The molecule has 0 saturated carbocycles. The molecule has 1 atom stereocenters. The van der Waals surface area contributed by atoms with Crippen molar-refractivity contribution in [2.24, 2.45) is 5.73 Å². The maximum Gasteiger partial charge on any atom is 0.114 e. The third-order valence-corrected chi connectivity index (χ3v) is 4.46. The summed E-state index contributed by atoms with van der Waals surface area (Å²) in [6, 6.07) is 5.47. The van der Waals surface area contributed by atoms with Gasteiger partial charge < -0.3 is 5.73 Å². The highest BCUT2D eigenvalue weighted by molar-refractivity contribution is 9.10. The van der Waals surface area contributed by atoms with Crippen molar-refractivity contribution in [3.8, 4) is 0 Å². The second kappa shape index (κ2) is 5.70. The van der Waals surface area contributed by atoms with Gasteiger partial charge in [-0.25, -0.2) is 4.98 Å². The lowest BCUT2D eigenvalue weighted by molar-refractivity contribution is 0.795. The van der Waals surface area contributed by atoms with Crippen molar-refractivity contribution in [3.63, 3.8) is 0 Å². The number of aromatic nitrogens is 1. The van der Waals surface area contributed by atoms with Crippen LogP contribution in [0.3, 0.4) is 0 Å². The first-order valence-electron chi connectivity index (χ1n) is 5.65. The molecular weight excluding hydrogens is 332 g/mol. The van der Waals surface area contributed by atoms with Crippen LogP contribution in [-0.2, 0) is 0 Å². The van der Waals surface area contributed by atoms with Crippen molar-refractivity contribution in [2.75, 3.05) is 0 Å². The third-order valence-electron chi connectivity index (χ3n) is 2.69. The van der Waals surface area contributed by atoms with E-state index in [0.29, 0.717) is 10.9 Å². The SMILES string of the molecule is CC(C)c1csc(C(N)c2ccc(Br)cc2Cl)n1. The fourth-order valence-corrected chi connectivity index (χ4v) is 3.38. The van der Waals surface area contributed by atoms with Gasteiger partial charge in [-0.2, -0.15) is 0 Å². The van der Waals surface area contributed by atoms with E-state index >= 15 is 0 Å². The monoisotopic (exact) mass is 344 g/mol. The molecule has 1 aromatic heterocycles. The molecule has 0 amide bonds. The van der Waals surface area contributed by atoms with Crippen LogP contribution >= 0.6 is 38.9 Å². The van der Waals surface area contributed by atoms with Gasteiger partial charge in [0.25, 0.3) is 0 Å². The number of benzene rings is 1. The van der Waals surface area contributed by atoms with E-state index in [0.717, 1.165) is 20.7 Å². The van der Waals surface area contributed by atoms with Crippen LogP contribution in [0, 0.1) is 0 Å². The fraction of sp³-hybridized carbons (Fsp3) is 0.308. The molecule has 0 aliphatic heterocycles. The van der Waals surface area contributed by atoms with Crippen molar-refractivity contribution in [2.45, 2.75) is 25.8 Å². The standard InChI is InChI=1S/C13H14BrClN2S/c1-7(2)11-6-18-13(17-11)12(16)9-4-3-8(14)5-10(9)15/h3-7,12H,16H2,1-2H3. The first kappa shape index (κ1) is 14.0. The molecule has 5 heteroatoms. The highest BCUT2D eigenvalue weighted by Gasteiger charge is 2.17. The van der Waals surface area contributed by atoms with E-state index in [4.69, 9.17) is 17.3 Å². The lowest BCUT2D eigenvalue weighted by atomic mass is 10.1. The highest BCUT2D eigenvalue weighted by atomic mass is 79.9. The van der Waals surface area contributed by atoms with Crippen molar-refractivity contribution in [1.29, 1.82) is 0 Å². The van der Waals surface area contributed by atoms with Gasteiger partial charge >= 0.3 is 0 Å². The van der Waals surface area contributed by atoms with E-state index in [2.05, 4.69) is 40.1 Å². The van der Waals surface area contributed by atoms with Crippen LogP contribution in [0.4, 0.5) is 0 Å². The second-order valence-electron chi connectivity index (χ2n) is 4.41. The molecule has 2 rings (SSSR count). The van der Waals surface area contributed by atoms with E-state index in [1.54, 1.807) is 11.3 Å². The predicted octanol–water partition coefficient (Wildman–Crippen LogP) is 4.73. The predicted molar refractivity (Wildman–Crippen MR) is 81.4 cm³/mol. The Labute approximate surface area is 124 Å². The number of thiazole rings is 1. The largest absolute Gasteiger partial charge is 0.318 e. The van der Waals surface area contributed by atoms with Gasteiger partial charge in [-0.1, -0.05) is 47.4 Å². The zero-order valence-electron chi connectivity index (χ0n) is 10.2. The molecule has 0 aliphatic rings. The molecule has 96 valence electrons. The topological polar surface area (TPSA) is 38.9 Å². The quantitative estimate of drug-likeness (QED) is 0.873. The third kappa shape index (κ3) is 2.94. The number of hydrogen-bond acceptors (Lipinski definition) is 3. The van der Waals surface area contributed by atoms with Crippen LogP contribution in [0.15, 0.2) is 28.1 Å². The summed E-state index contributed by atoms with van der Waals surface area (Å²) in [7, 11) is 0. The van der Waals surface area contributed by atoms with Crippen LogP contribution in [-0.4, -0.2) is 4.98 Å². The van der Waals surface area contributed by atoms with Crippen molar-refractivity contribution < 1.29 is 0 Å². The minimum atomic E-state index is -0.261. The fourth-order valence-electron chi connectivity index (χ4n) is 1.60. The molecule has 1 unspecified atom stereocenters. The van der Waals surface area contributed by atoms with Gasteiger partial charge in [-0.05, 0) is 23.6 Å². The Balaban J connectivity index is 2.32. The van der Waals surface area contributed by atoms with E-state index < -0.39 is 0 Å². The second-order valence-corrected chi connectivity index (χ2v) is 6.62. The Morgan fingerprint density at radius 2 is 2.11 bits per heavy atom. The molecule has 0 radical (unpaired) electrons. The summed E-state index contributed by atoms with van der Waals surface area (Å²) in [4.78, 5) is 4.57. The lowest BCUT2D eigenvalue weighted by Crippen LogP contribution is -2.12. The van der Waals surface area contributed by atoms with E-state index in [9.17, 15) is 0 Å². The summed E-state index contributed by atoms with van der Waals surface area (Å²) in [5, 5.41) is 3.63. The Hall–Kier alpha value is -0.420. The number of hydrogen-bond donors (Lipinski definition) is 1. The van der Waals surface area contributed by atoms with Gasteiger partial charge in [0.05, 0.1) is 11.7 Å². The van der Waals surface area contributed by atoms with Crippen molar-refractivity contribution in [1.82, 2.24) is 4.98 Å². The van der Waals surface area contributed by atoms with Crippen molar-refractivity contribution in [3.05, 3.63) is 49.3 Å². The van der Waals surface area contributed by atoms with E-state index in [-0.39, 0.29) is 6.04 Å². The van der Waals surface area contributed by atoms with Gasteiger partial charge in [0.15, 0.2) is 0 Å². The van der Waals surface area contributed by atoms with Crippen LogP contribution in [0.2, 0.25) is 5.02 Å². The molecule has 2 aromatic rings. The maximum atomic E-state index is 6.23. The molecule has 0 fully saturated rings. The zero-order chi connectivity index (χ0) is 13.3. The molecule has 1 heterocycles. The first-order chi connectivity index (χ1) is 8.49. The minimum Gasteiger partial charge on any atom is -0.318 e. The number of rotatable bonds is 3. The average molecular weight is 346 g/mol. The number of halogens is 2. The molecule has 2 nitrogen and oxygen atoms in total. The van der Waals surface area contributed by atoms with Gasteiger partial charge in [0, 0.05) is 14.9 Å². The van der Waals surface area contributed by atoms with Crippen LogP contribution in [0.5, 0.6) is 0 Å². The molecular formula is C13H14BrClN2S. The molecule has 0 saturated heterocycles. The Kier molecular flexibility index (Phi) is 4.43. The highest BCUT2D eigenvalue weighted by Crippen LogP contribution is 2.31. The normalized spacial score (nSPS) is 13.0. The van der Waals surface area contributed by atoms with E-state index in [1.807, 2.05) is 18.2 Å². The Morgan fingerprint density at radius 1 is 1.39 bits per heavy atom. The molecule has 0 bridgehead atoms. The molecule has 2 N–H and O–H groups in total. The molecule has 0 spiro atoms. The van der Waals surface area contributed by atoms with Crippen LogP contribution < -0.4 is 5.73 Å². The summed E-state index contributed by atoms with van der Waals surface area (Å²) in [5.41, 5.74) is 8.22. The summed E-state index contributed by atoms with van der Waals surface area (Å²) in [5.74, 6) is 0.419. The number of nitrogens with zero attached hydrogens (tertiary/aromatic N) is 1. The van der Waals surface area contributed by atoms with Gasteiger partial charge in [-0.3, -0.25) is 0 Å². The minimum absolute atomic E-state index is 0.261. The number of nitrogens with two attached hydrogens (primary N) is 1. The average Bonchev–Trinajstić information content (AvgIpc) is 2.77. The zero-order valence-corrected chi connectivity index (χ0v) is 13.3. The Morgan fingerprint density at radius 3 is 2.67 bits per heavy atom. The smallest absolute Gasteiger partial charge is 0.114 e. The first-order valence-corrected chi connectivity index (χ1v) is 7.70. The van der Waals surface area contributed by atoms with Crippen LogP contribution in [0.25, 0.3) is 0 Å². The molecule has 1 aromatic carbocycles. The van der Waals surface area contributed by atoms with Crippen molar-refractivity contribution >= 4 is 38.9 Å². The Bertz CT molecular complexity index is 554. The summed E-state index contributed by atoms with van der Waals surface area (Å²) in [6.07, 6.45) is 0. The molecule has 18 heavy (non-hydrogen) atoms. The maximum absolute atomic E-state index is 6.23. The van der Waals surface area contributed by atoms with Gasteiger partial charge in [-0.15, -0.1) is 11.3 Å². The van der Waals surface area contributed by atoms with E-state index in [1.165, 1.54) is 0 Å². The van der Waals surface area contributed by atoms with Gasteiger partial charge in [0.1, 0.15) is 5.01 Å². The summed E-state index contributed by atoms with van der Waals surface area (Å²) >= 11 is 11.2. The van der Waals surface area contributed by atoms with Crippen LogP contribution in [0.1, 0.15) is 42.1 Å². The summed E-state index contributed by atoms with van der Waals surface area (Å²) in [6.45, 7) is 4.24. The summed E-state index contributed by atoms with van der Waals surface area (Å²) < 4.78 is 0.949. The lowest BCUT2D eigenvalue weighted by Gasteiger charge is -2.11.